The smallest absolute Gasteiger partial charge is 0.255 e. The average Bonchev–Trinajstić information content (AvgIpc) is 3.07. The van der Waals surface area contributed by atoms with Gasteiger partial charge in [-0.1, -0.05) is 25.5 Å². The lowest BCUT2D eigenvalue weighted by molar-refractivity contribution is 0.466. The molecular weight excluding hydrogens is 384 g/mol. The van der Waals surface area contributed by atoms with Crippen LogP contribution in [-0.4, -0.2) is 20.7 Å². The van der Waals surface area contributed by atoms with Crippen molar-refractivity contribution in [2.24, 2.45) is 7.05 Å². The van der Waals surface area contributed by atoms with Crippen LogP contribution in [0, 0.1) is 6.92 Å². The Hall–Kier alpha value is -3.18. The van der Waals surface area contributed by atoms with Crippen LogP contribution in [0.1, 0.15) is 42.6 Å². The SMILES string of the molecule is CCCC1NCCc2c1c1ccc(-n3ccc(-c4ccc(C)cn4)cc3=O)cc1n2C. The molecule has 1 atom stereocenters. The van der Waals surface area contributed by atoms with E-state index in [-0.39, 0.29) is 5.56 Å². The van der Waals surface area contributed by atoms with Crippen LogP contribution >= 0.6 is 0 Å². The molecule has 1 unspecified atom stereocenters. The molecule has 1 aliphatic rings. The highest BCUT2D eigenvalue weighted by Crippen LogP contribution is 2.36. The van der Waals surface area contributed by atoms with Gasteiger partial charge >= 0.3 is 0 Å². The van der Waals surface area contributed by atoms with Crippen molar-refractivity contribution in [3.8, 4) is 16.9 Å². The van der Waals surface area contributed by atoms with Gasteiger partial charge in [0.1, 0.15) is 0 Å². The van der Waals surface area contributed by atoms with Gasteiger partial charge in [-0.3, -0.25) is 14.3 Å². The second kappa shape index (κ2) is 7.82. The van der Waals surface area contributed by atoms with E-state index in [1.807, 2.05) is 37.5 Å². The Bertz CT molecular complexity index is 1310. The van der Waals surface area contributed by atoms with Crippen LogP contribution in [-0.2, 0) is 13.5 Å². The van der Waals surface area contributed by atoms with Gasteiger partial charge in [-0.15, -0.1) is 0 Å². The third-order valence-corrected chi connectivity index (χ3v) is 6.43. The predicted octanol–water partition coefficient (Wildman–Crippen LogP) is 4.69. The molecule has 5 heteroatoms. The fourth-order valence-electron chi connectivity index (χ4n) is 4.84. The van der Waals surface area contributed by atoms with Crippen molar-refractivity contribution >= 4 is 10.9 Å². The van der Waals surface area contributed by atoms with E-state index in [0.717, 1.165) is 48.3 Å². The normalized spacial score (nSPS) is 15.9. The summed E-state index contributed by atoms with van der Waals surface area (Å²) in [6, 6.07) is 14.4. The van der Waals surface area contributed by atoms with E-state index in [4.69, 9.17) is 0 Å². The number of hydrogen-bond donors (Lipinski definition) is 1. The standard InChI is InChI=1S/C26H28N4O/c1-4-5-22-26-20-8-7-19(15-24(20)29(3)23(26)10-12-27-22)30-13-11-18(14-25(30)31)21-9-6-17(2)16-28-21/h6-9,11,13-16,22,27H,4-5,10,12H2,1-3H3. The van der Waals surface area contributed by atoms with E-state index in [1.54, 1.807) is 10.6 Å². The second-order valence-electron chi connectivity index (χ2n) is 8.51. The minimum Gasteiger partial charge on any atom is -0.347 e. The zero-order valence-electron chi connectivity index (χ0n) is 18.4. The molecular formula is C26H28N4O. The van der Waals surface area contributed by atoms with E-state index < -0.39 is 0 Å². The number of benzene rings is 1. The summed E-state index contributed by atoms with van der Waals surface area (Å²) in [6.07, 6.45) is 7.01. The summed E-state index contributed by atoms with van der Waals surface area (Å²) in [6.45, 7) is 5.26. The van der Waals surface area contributed by atoms with Crippen LogP contribution in [0.2, 0.25) is 0 Å². The Kier molecular flexibility index (Phi) is 4.98. The number of fused-ring (bicyclic) bond motifs is 3. The van der Waals surface area contributed by atoms with Gasteiger partial charge in [-0.05, 0) is 48.7 Å². The second-order valence-corrected chi connectivity index (χ2v) is 8.51. The van der Waals surface area contributed by atoms with Crippen LogP contribution in [0.15, 0.2) is 59.7 Å². The van der Waals surface area contributed by atoms with Crippen LogP contribution in [0.4, 0.5) is 0 Å². The van der Waals surface area contributed by atoms with Crippen molar-refractivity contribution in [3.63, 3.8) is 0 Å². The van der Waals surface area contributed by atoms with Crippen molar-refractivity contribution in [1.29, 1.82) is 0 Å². The minimum absolute atomic E-state index is 0.0521. The third kappa shape index (κ3) is 3.39. The van der Waals surface area contributed by atoms with Crippen LogP contribution in [0.5, 0.6) is 0 Å². The van der Waals surface area contributed by atoms with Crippen molar-refractivity contribution in [2.75, 3.05) is 6.54 Å². The molecule has 3 aromatic heterocycles. The molecule has 31 heavy (non-hydrogen) atoms. The molecule has 0 amide bonds. The highest BCUT2D eigenvalue weighted by Gasteiger charge is 2.25. The van der Waals surface area contributed by atoms with E-state index >= 15 is 0 Å². The van der Waals surface area contributed by atoms with Gasteiger partial charge in [-0.2, -0.15) is 0 Å². The Labute approximate surface area is 182 Å². The summed E-state index contributed by atoms with van der Waals surface area (Å²) in [5.74, 6) is 0. The number of pyridine rings is 2. The summed E-state index contributed by atoms with van der Waals surface area (Å²) in [5, 5.41) is 4.98. The van der Waals surface area contributed by atoms with E-state index in [0.29, 0.717) is 6.04 Å². The lowest BCUT2D eigenvalue weighted by Crippen LogP contribution is -2.30. The van der Waals surface area contributed by atoms with Crippen LogP contribution < -0.4 is 10.9 Å². The maximum atomic E-state index is 13.0. The van der Waals surface area contributed by atoms with Gasteiger partial charge in [0.05, 0.1) is 16.9 Å². The number of aromatic nitrogens is 3. The van der Waals surface area contributed by atoms with Crippen molar-refractivity contribution in [3.05, 3.63) is 82.0 Å². The zero-order valence-corrected chi connectivity index (χ0v) is 18.4. The highest BCUT2D eigenvalue weighted by molar-refractivity contribution is 5.88. The Morgan fingerprint density at radius 3 is 2.77 bits per heavy atom. The van der Waals surface area contributed by atoms with Gasteiger partial charge in [0, 0.05) is 61.2 Å². The van der Waals surface area contributed by atoms with Crippen molar-refractivity contribution in [1.82, 2.24) is 19.4 Å². The molecule has 0 bridgehead atoms. The summed E-state index contributed by atoms with van der Waals surface area (Å²) in [4.78, 5) is 17.4. The number of rotatable bonds is 4. The molecule has 158 valence electrons. The molecule has 5 nitrogen and oxygen atoms in total. The van der Waals surface area contributed by atoms with Gasteiger partial charge in [-0.25, -0.2) is 0 Å². The average molecular weight is 413 g/mol. The van der Waals surface area contributed by atoms with Gasteiger partial charge in [0.2, 0.25) is 0 Å². The molecule has 0 saturated heterocycles. The highest BCUT2D eigenvalue weighted by atomic mass is 16.1. The largest absolute Gasteiger partial charge is 0.347 e. The fourth-order valence-corrected chi connectivity index (χ4v) is 4.84. The first kappa shape index (κ1) is 19.8. The van der Waals surface area contributed by atoms with Crippen molar-refractivity contribution < 1.29 is 0 Å². The Morgan fingerprint density at radius 2 is 2.03 bits per heavy atom. The maximum absolute atomic E-state index is 13.0. The first-order chi connectivity index (χ1) is 15.1. The topological polar surface area (TPSA) is 51.9 Å². The third-order valence-electron chi connectivity index (χ3n) is 6.43. The summed E-state index contributed by atoms with van der Waals surface area (Å²) >= 11 is 0. The summed E-state index contributed by atoms with van der Waals surface area (Å²) in [5.41, 5.74) is 7.63. The quantitative estimate of drug-likeness (QED) is 0.529. The molecule has 1 aliphatic heterocycles. The zero-order chi connectivity index (χ0) is 21.5. The van der Waals surface area contributed by atoms with Crippen LogP contribution in [0.3, 0.4) is 0 Å². The molecule has 4 heterocycles. The maximum Gasteiger partial charge on any atom is 0.255 e. The molecule has 4 aromatic rings. The number of nitrogens with zero attached hydrogens (tertiary/aromatic N) is 3. The van der Waals surface area contributed by atoms with Gasteiger partial charge < -0.3 is 9.88 Å². The van der Waals surface area contributed by atoms with E-state index in [2.05, 4.69) is 47.0 Å². The van der Waals surface area contributed by atoms with Crippen LogP contribution in [0.25, 0.3) is 27.8 Å². The number of hydrogen-bond acceptors (Lipinski definition) is 3. The predicted molar refractivity (Wildman–Crippen MR) is 126 cm³/mol. The minimum atomic E-state index is -0.0521. The summed E-state index contributed by atoms with van der Waals surface area (Å²) in [7, 11) is 2.15. The Morgan fingerprint density at radius 1 is 1.16 bits per heavy atom. The molecule has 5 rings (SSSR count). The van der Waals surface area contributed by atoms with Gasteiger partial charge in [0.25, 0.3) is 5.56 Å². The molecule has 0 aliphatic carbocycles. The molecule has 0 radical (unpaired) electrons. The first-order valence-electron chi connectivity index (χ1n) is 11.1. The molecule has 1 N–H and O–H groups in total. The number of nitrogens with one attached hydrogen (secondary N) is 1. The first-order valence-corrected chi connectivity index (χ1v) is 11.1. The van der Waals surface area contributed by atoms with Gasteiger partial charge in [0.15, 0.2) is 0 Å². The molecule has 0 spiro atoms. The summed E-state index contributed by atoms with van der Waals surface area (Å²) < 4.78 is 4.03. The van der Waals surface area contributed by atoms with E-state index in [1.165, 1.54) is 22.2 Å². The molecule has 0 saturated carbocycles. The number of aryl methyl sites for hydroxylation is 2. The molecule has 1 aromatic carbocycles. The lowest BCUT2D eigenvalue weighted by atomic mass is 9.94. The Balaban J connectivity index is 1.58. The molecule has 0 fully saturated rings. The van der Waals surface area contributed by atoms with Crippen molar-refractivity contribution in [2.45, 2.75) is 39.2 Å². The lowest BCUT2D eigenvalue weighted by Gasteiger charge is -2.25. The monoisotopic (exact) mass is 412 g/mol. The fraction of sp³-hybridized carbons (Fsp3) is 0.308. The van der Waals surface area contributed by atoms with E-state index in [9.17, 15) is 4.79 Å².